The first-order valence-corrected chi connectivity index (χ1v) is 6.06. The average Bonchev–Trinajstić information content (AvgIpc) is 2.27. The zero-order valence-electron chi connectivity index (χ0n) is 11.5. The summed E-state index contributed by atoms with van der Waals surface area (Å²) in [6.45, 7) is 9.56. The van der Waals surface area contributed by atoms with Crippen molar-refractivity contribution in [3.63, 3.8) is 0 Å². The van der Waals surface area contributed by atoms with E-state index in [1.165, 1.54) is 11.1 Å². The maximum atomic E-state index is 5.44. The van der Waals surface area contributed by atoms with Crippen molar-refractivity contribution in [2.75, 3.05) is 13.2 Å². The number of hydrogen-bond acceptors (Lipinski definition) is 1. The fraction of sp³-hybridized carbons (Fsp3) is 0.500. The Labute approximate surface area is 106 Å². The molecule has 1 heteroatoms. The van der Waals surface area contributed by atoms with E-state index >= 15 is 0 Å². The van der Waals surface area contributed by atoms with Gasteiger partial charge in [-0.1, -0.05) is 29.2 Å². The molecule has 17 heavy (non-hydrogen) atoms. The monoisotopic (exact) mass is 232 g/mol. The maximum Gasteiger partial charge on any atom is 0.0663 e. The Hall–Kier alpha value is -1.26. The van der Waals surface area contributed by atoms with Crippen LogP contribution in [0.15, 0.2) is 34.9 Å². The molecule has 0 radical (unpaired) electrons. The molecule has 0 atom stereocenters. The van der Waals surface area contributed by atoms with E-state index in [4.69, 9.17) is 11.2 Å². The number of terminal acetylenes is 1. The highest BCUT2D eigenvalue weighted by Crippen LogP contribution is 2.06. The molecule has 0 spiro atoms. The van der Waals surface area contributed by atoms with Gasteiger partial charge >= 0.3 is 0 Å². The summed E-state index contributed by atoms with van der Waals surface area (Å²) < 4.78 is 5.44. The molecule has 0 fully saturated rings. The van der Waals surface area contributed by atoms with E-state index in [-0.39, 0.29) is 0 Å². The van der Waals surface area contributed by atoms with Crippen molar-refractivity contribution in [3.05, 3.63) is 34.9 Å². The first-order valence-electron chi connectivity index (χ1n) is 6.06. The minimum atomic E-state index is 0.591. The predicted molar refractivity (Wildman–Crippen MR) is 75.8 cm³/mol. The van der Waals surface area contributed by atoms with Gasteiger partial charge in [0.15, 0.2) is 0 Å². The van der Waals surface area contributed by atoms with Gasteiger partial charge in [0.25, 0.3) is 0 Å². The SMILES string of the molecule is C#C/C(C)=C\COC/C=C(\C)CCC=C(C)C. The molecule has 94 valence electrons. The largest absolute Gasteiger partial charge is 0.373 e. The molecule has 0 saturated carbocycles. The third kappa shape index (κ3) is 11.0. The van der Waals surface area contributed by atoms with E-state index in [0.717, 1.165) is 18.4 Å². The molecular weight excluding hydrogens is 208 g/mol. The summed E-state index contributed by atoms with van der Waals surface area (Å²) in [6, 6.07) is 0. The summed E-state index contributed by atoms with van der Waals surface area (Å²) in [6.07, 6.45) is 13.8. The summed E-state index contributed by atoms with van der Waals surface area (Å²) in [7, 11) is 0. The summed E-state index contributed by atoms with van der Waals surface area (Å²) in [4.78, 5) is 0. The minimum absolute atomic E-state index is 0.591. The molecule has 0 rings (SSSR count). The van der Waals surface area contributed by atoms with E-state index in [0.29, 0.717) is 13.2 Å². The highest BCUT2D eigenvalue weighted by molar-refractivity contribution is 5.22. The number of allylic oxidation sites excluding steroid dienone is 4. The van der Waals surface area contributed by atoms with Crippen molar-refractivity contribution in [2.45, 2.75) is 40.5 Å². The van der Waals surface area contributed by atoms with Crippen molar-refractivity contribution >= 4 is 0 Å². The van der Waals surface area contributed by atoms with Gasteiger partial charge in [-0.2, -0.15) is 0 Å². The molecule has 0 aliphatic heterocycles. The van der Waals surface area contributed by atoms with Crippen molar-refractivity contribution in [2.24, 2.45) is 0 Å². The van der Waals surface area contributed by atoms with Crippen LogP contribution >= 0.6 is 0 Å². The van der Waals surface area contributed by atoms with Crippen LogP contribution in [0.1, 0.15) is 40.5 Å². The van der Waals surface area contributed by atoms with Crippen molar-refractivity contribution in [1.82, 2.24) is 0 Å². The predicted octanol–water partition coefficient (Wildman–Crippen LogP) is 4.28. The number of rotatable bonds is 7. The maximum absolute atomic E-state index is 5.44. The average molecular weight is 232 g/mol. The normalized spacial score (nSPS) is 12.2. The lowest BCUT2D eigenvalue weighted by molar-refractivity contribution is 0.193. The van der Waals surface area contributed by atoms with Crippen molar-refractivity contribution in [3.8, 4) is 12.3 Å². The Morgan fingerprint density at radius 2 is 1.71 bits per heavy atom. The van der Waals surface area contributed by atoms with Gasteiger partial charge in [-0.3, -0.25) is 0 Å². The zero-order chi connectivity index (χ0) is 13.1. The molecule has 0 aliphatic rings. The molecule has 0 bridgehead atoms. The van der Waals surface area contributed by atoms with E-state index in [9.17, 15) is 0 Å². The van der Waals surface area contributed by atoms with Gasteiger partial charge in [-0.25, -0.2) is 0 Å². The second kappa shape index (κ2) is 9.93. The summed E-state index contributed by atoms with van der Waals surface area (Å²) in [5.41, 5.74) is 3.68. The van der Waals surface area contributed by atoms with Crippen LogP contribution in [0.3, 0.4) is 0 Å². The van der Waals surface area contributed by atoms with E-state index in [1.807, 2.05) is 13.0 Å². The first-order chi connectivity index (χ1) is 8.06. The highest BCUT2D eigenvalue weighted by Gasteiger charge is 1.89. The van der Waals surface area contributed by atoms with Crippen molar-refractivity contribution in [1.29, 1.82) is 0 Å². The van der Waals surface area contributed by atoms with Crippen LogP contribution in [0.2, 0.25) is 0 Å². The standard InChI is InChI=1S/C16H24O/c1-6-15(4)10-12-17-13-11-16(5)9-7-8-14(2)3/h1,8,10-11H,7,9,12-13H2,2-5H3/b15-10-,16-11+. The fourth-order valence-electron chi connectivity index (χ4n) is 1.20. The first kappa shape index (κ1) is 15.7. The lowest BCUT2D eigenvalue weighted by Crippen LogP contribution is -1.92. The third-order valence-corrected chi connectivity index (χ3v) is 2.38. The Kier molecular flexibility index (Phi) is 9.19. The van der Waals surface area contributed by atoms with Crippen LogP contribution in [0.5, 0.6) is 0 Å². The minimum Gasteiger partial charge on any atom is -0.373 e. The van der Waals surface area contributed by atoms with Crippen LogP contribution in [0.4, 0.5) is 0 Å². The summed E-state index contributed by atoms with van der Waals surface area (Å²) >= 11 is 0. The van der Waals surface area contributed by atoms with Gasteiger partial charge in [0, 0.05) is 0 Å². The van der Waals surface area contributed by atoms with Crippen LogP contribution in [0.25, 0.3) is 0 Å². The molecule has 0 aromatic heterocycles. The molecule has 1 nitrogen and oxygen atoms in total. The Morgan fingerprint density at radius 3 is 2.29 bits per heavy atom. The zero-order valence-corrected chi connectivity index (χ0v) is 11.5. The number of ether oxygens (including phenoxy) is 1. The lowest BCUT2D eigenvalue weighted by Gasteiger charge is -2.00. The van der Waals surface area contributed by atoms with Gasteiger partial charge in [-0.15, -0.1) is 6.42 Å². The van der Waals surface area contributed by atoms with E-state index < -0.39 is 0 Å². The lowest BCUT2D eigenvalue weighted by atomic mass is 10.1. The van der Waals surface area contributed by atoms with Gasteiger partial charge in [0.2, 0.25) is 0 Å². The van der Waals surface area contributed by atoms with Crippen LogP contribution < -0.4 is 0 Å². The van der Waals surface area contributed by atoms with Gasteiger partial charge in [-0.05, 0) is 52.2 Å². The molecule has 0 N–H and O–H groups in total. The second-order valence-electron chi connectivity index (χ2n) is 4.44. The Bertz CT molecular complexity index is 333. The summed E-state index contributed by atoms with van der Waals surface area (Å²) in [5.74, 6) is 2.56. The molecule has 0 saturated heterocycles. The summed E-state index contributed by atoms with van der Waals surface area (Å²) in [5, 5.41) is 0. The third-order valence-electron chi connectivity index (χ3n) is 2.38. The van der Waals surface area contributed by atoms with Gasteiger partial charge in [0.1, 0.15) is 0 Å². The number of hydrogen-bond donors (Lipinski definition) is 0. The highest BCUT2D eigenvalue weighted by atomic mass is 16.5. The Morgan fingerprint density at radius 1 is 1.06 bits per heavy atom. The molecule has 0 amide bonds. The van der Waals surface area contributed by atoms with Crippen molar-refractivity contribution < 1.29 is 4.74 Å². The fourth-order valence-corrected chi connectivity index (χ4v) is 1.20. The molecule has 0 aromatic carbocycles. The molecular formula is C16H24O. The van der Waals surface area contributed by atoms with Gasteiger partial charge in [0.05, 0.1) is 13.2 Å². The van der Waals surface area contributed by atoms with Crippen LogP contribution in [-0.4, -0.2) is 13.2 Å². The molecule has 0 heterocycles. The molecule has 0 unspecified atom stereocenters. The molecule has 0 aromatic rings. The van der Waals surface area contributed by atoms with Crippen LogP contribution in [-0.2, 0) is 4.74 Å². The van der Waals surface area contributed by atoms with Crippen LogP contribution in [0, 0.1) is 12.3 Å². The topological polar surface area (TPSA) is 9.23 Å². The smallest absolute Gasteiger partial charge is 0.0663 e. The van der Waals surface area contributed by atoms with E-state index in [1.54, 1.807) is 0 Å². The quantitative estimate of drug-likeness (QED) is 0.362. The Balaban J connectivity index is 3.71. The second-order valence-corrected chi connectivity index (χ2v) is 4.44. The van der Waals surface area contributed by atoms with E-state index in [2.05, 4.69) is 38.8 Å². The van der Waals surface area contributed by atoms with Gasteiger partial charge < -0.3 is 4.74 Å². The molecule has 0 aliphatic carbocycles.